The Morgan fingerprint density at radius 3 is 2.47 bits per heavy atom. The van der Waals surface area contributed by atoms with Crippen LogP contribution in [-0.4, -0.2) is 61.9 Å². The fourth-order valence-corrected chi connectivity index (χ4v) is 11.7. The van der Waals surface area contributed by atoms with E-state index in [-0.39, 0.29) is 57.0 Å². The van der Waals surface area contributed by atoms with Crippen LogP contribution >= 0.6 is 0 Å². The summed E-state index contributed by atoms with van der Waals surface area (Å²) in [5.74, 6) is -0.320. The first kappa shape index (κ1) is 39.9. The molecule has 9 heteroatoms. The molecule has 0 saturated heterocycles. The Morgan fingerprint density at radius 1 is 0.793 bits per heavy atom. The van der Waals surface area contributed by atoms with Gasteiger partial charge in [0.25, 0.3) is 0 Å². The van der Waals surface area contributed by atoms with Crippen molar-refractivity contribution < 1.29 is 30.6 Å². The molecule has 0 aromatic heterocycles. The number of hydrogen-bond donors (Lipinski definition) is 7. The van der Waals surface area contributed by atoms with Gasteiger partial charge in [0.15, 0.2) is 23.0 Å². The third-order valence-electron chi connectivity index (χ3n) is 14.3. The highest BCUT2D eigenvalue weighted by Gasteiger charge is 2.63. The molecule has 4 aromatic rings. The Morgan fingerprint density at radius 2 is 1.66 bits per heavy atom. The largest absolute Gasteiger partial charge is 0.507 e. The van der Waals surface area contributed by atoms with Gasteiger partial charge in [-0.3, -0.25) is 9.98 Å². The number of aromatic hydroxyl groups is 5. The van der Waals surface area contributed by atoms with Gasteiger partial charge in [0.05, 0.1) is 17.2 Å². The predicted molar refractivity (Wildman–Crippen MR) is 232 cm³/mol. The molecule has 8 rings (SSSR count). The minimum atomic E-state index is -0.357. The van der Waals surface area contributed by atoms with Gasteiger partial charge < -0.3 is 36.0 Å². The van der Waals surface area contributed by atoms with Crippen LogP contribution in [0.5, 0.6) is 28.7 Å². The first-order valence-electron chi connectivity index (χ1n) is 21.6. The van der Waals surface area contributed by atoms with Crippen molar-refractivity contribution in [1.82, 2.24) is 5.32 Å². The third kappa shape index (κ3) is 7.36. The number of rotatable bonds is 14. The summed E-state index contributed by atoms with van der Waals surface area (Å²) >= 11 is 0. The Bertz CT molecular complexity index is 2250. The summed E-state index contributed by atoms with van der Waals surface area (Å²) in [5, 5.41) is 69.7. The zero-order valence-corrected chi connectivity index (χ0v) is 33.8. The topological polar surface area (TPSA) is 158 Å². The van der Waals surface area contributed by atoms with Gasteiger partial charge in [-0.15, -0.1) is 0 Å². The van der Waals surface area contributed by atoms with Gasteiger partial charge in [0, 0.05) is 36.2 Å². The molecule has 0 bridgehead atoms. The molecule has 0 unspecified atom stereocenters. The predicted octanol–water partition coefficient (Wildman–Crippen LogP) is 9.36. The van der Waals surface area contributed by atoms with E-state index in [4.69, 9.17) is 4.99 Å². The molecular formula is C49H59N3O6. The maximum atomic E-state index is 11.8. The molecule has 9 nitrogen and oxygen atoms in total. The van der Waals surface area contributed by atoms with Crippen LogP contribution < -0.4 is 5.32 Å². The normalized spacial score (nSPS) is 25.3. The van der Waals surface area contributed by atoms with Crippen molar-refractivity contribution >= 4 is 34.9 Å². The van der Waals surface area contributed by atoms with Gasteiger partial charge in [0.2, 0.25) is 0 Å². The number of hydrogen-bond acceptors (Lipinski definition) is 9. The highest BCUT2D eigenvalue weighted by Crippen LogP contribution is 2.66. The summed E-state index contributed by atoms with van der Waals surface area (Å²) in [7, 11) is 0. The van der Waals surface area contributed by atoms with E-state index in [1.54, 1.807) is 18.2 Å². The van der Waals surface area contributed by atoms with Crippen molar-refractivity contribution in [2.75, 3.05) is 13.2 Å². The molecule has 5 atom stereocenters. The van der Waals surface area contributed by atoms with Gasteiger partial charge in [0.1, 0.15) is 12.4 Å². The van der Waals surface area contributed by atoms with Crippen molar-refractivity contribution in [3.05, 3.63) is 88.0 Å². The number of aryl methyl sites for hydroxylation is 2. The van der Waals surface area contributed by atoms with Crippen LogP contribution in [0.3, 0.4) is 0 Å². The lowest BCUT2D eigenvalue weighted by Crippen LogP contribution is -2.61. The summed E-state index contributed by atoms with van der Waals surface area (Å²) in [6, 6.07) is 16.3. The average molecular weight is 786 g/mol. The molecule has 306 valence electrons. The molecule has 3 saturated carbocycles. The van der Waals surface area contributed by atoms with Crippen LogP contribution in [0, 0.1) is 22.7 Å². The van der Waals surface area contributed by atoms with E-state index < -0.39 is 0 Å². The summed E-state index contributed by atoms with van der Waals surface area (Å²) in [6.45, 7) is 4.20. The molecule has 0 radical (unpaired) electrons. The van der Waals surface area contributed by atoms with Crippen LogP contribution in [0.4, 0.5) is 0 Å². The molecule has 1 heterocycles. The van der Waals surface area contributed by atoms with E-state index in [1.165, 1.54) is 55.0 Å². The number of aliphatic hydroxyl groups excluding tert-OH is 1. The number of nitrogens with one attached hydrogen (secondary N) is 1. The summed E-state index contributed by atoms with van der Waals surface area (Å²) < 4.78 is 0. The van der Waals surface area contributed by atoms with Crippen molar-refractivity contribution in [1.29, 1.82) is 0 Å². The monoisotopic (exact) mass is 785 g/mol. The van der Waals surface area contributed by atoms with Crippen LogP contribution in [0.1, 0.15) is 111 Å². The SMILES string of the molecule is CCCCCc1cc(CCc2c(O)c(O)c3c(O)cccc3c2/C=C\c2ccc(O)c(O)c2)ccc1CNC[C@@]1(C2=NCN=C2)CCC[C@@]23CCC[C@@H]2CC[C@@H](O)[C@H]13. The van der Waals surface area contributed by atoms with Gasteiger partial charge >= 0.3 is 0 Å². The fourth-order valence-electron chi connectivity index (χ4n) is 11.7. The first-order valence-corrected chi connectivity index (χ1v) is 21.6. The Kier molecular flexibility index (Phi) is 11.6. The summed E-state index contributed by atoms with van der Waals surface area (Å²) in [5.41, 5.74) is 6.60. The molecule has 4 aliphatic rings. The summed E-state index contributed by atoms with van der Waals surface area (Å²) in [6.07, 6.45) is 19.8. The molecule has 3 aliphatic carbocycles. The smallest absolute Gasteiger partial charge is 0.169 e. The van der Waals surface area contributed by atoms with Crippen LogP contribution in [0.25, 0.3) is 22.9 Å². The first-order chi connectivity index (χ1) is 28.1. The van der Waals surface area contributed by atoms with E-state index in [2.05, 4.69) is 35.4 Å². The molecule has 1 spiro atoms. The number of phenols is 5. The maximum Gasteiger partial charge on any atom is 0.169 e. The van der Waals surface area contributed by atoms with E-state index in [0.29, 0.717) is 47.5 Å². The zero-order valence-electron chi connectivity index (χ0n) is 33.8. The van der Waals surface area contributed by atoms with Crippen molar-refractivity contribution in [2.24, 2.45) is 32.7 Å². The lowest BCUT2D eigenvalue weighted by molar-refractivity contribution is -0.124. The lowest BCUT2D eigenvalue weighted by atomic mass is 9.45. The number of aliphatic imine (C=N–C) groups is 2. The van der Waals surface area contributed by atoms with Crippen molar-refractivity contribution in [3.63, 3.8) is 0 Å². The number of unbranched alkanes of at least 4 members (excludes halogenated alkanes) is 2. The standard InChI is InChI=1S/C49H59N3O6/c1-2-3-4-8-33-25-31(14-19-38-36(18-13-32-15-20-39(53)42(56)26-32)37-10-5-11-40(54)44(37)46(58)45(38)57)12-16-34(33)27-50-29-49(43-28-51-30-52-43)24-7-23-48-22-6-9-35(48)17-21-41(55)47(48)49/h5,10-13,15-16,18,20,25-26,28,35,41,47,50,53-58H,2-4,6-9,14,17,19,21-24,27,29-30H2,1H3/b18-13-/t35-,41-,47+,48+,49-/m1/s1. The van der Waals surface area contributed by atoms with Gasteiger partial charge in [-0.2, -0.15) is 0 Å². The van der Waals surface area contributed by atoms with Crippen molar-refractivity contribution in [3.8, 4) is 28.7 Å². The number of benzene rings is 4. The van der Waals surface area contributed by atoms with Crippen LogP contribution in [-0.2, 0) is 25.8 Å². The van der Waals surface area contributed by atoms with E-state index >= 15 is 0 Å². The average Bonchev–Trinajstić information content (AvgIpc) is 3.91. The molecule has 3 fully saturated rings. The van der Waals surface area contributed by atoms with E-state index in [0.717, 1.165) is 75.7 Å². The minimum absolute atomic E-state index is 0.134. The zero-order chi connectivity index (χ0) is 40.4. The molecular weight excluding hydrogens is 727 g/mol. The van der Waals surface area contributed by atoms with E-state index in [9.17, 15) is 30.6 Å². The number of aliphatic hydroxyl groups is 1. The van der Waals surface area contributed by atoms with Gasteiger partial charge in [-0.1, -0.05) is 81.2 Å². The van der Waals surface area contributed by atoms with E-state index in [1.807, 2.05) is 18.4 Å². The number of phenolic OH excluding ortho intramolecular Hbond substituents is 5. The third-order valence-corrected chi connectivity index (χ3v) is 14.3. The fraction of sp³-hybridized carbons (Fsp3) is 0.469. The lowest BCUT2D eigenvalue weighted by Gasteiger charge is -2.60. The highest BCUT2D eigenvalue weighted by molar-refractivity contribution is 6.34. The second kappa shape index (κ2) is 16.8. The summed E-state index contributed by atoms with van der Waals surface area (Å²) in [4.78, 5) is 9.53. The second-order valence-corrected chi connectivity index (χ2v) is 17.5. The van der Waals surface area contributed by atoms with Gasteiger partial charge in [-0.05, 0) is 127 Å². The minimum Gasteiger partial charge on any atom is -0.507 e. The number of nitrogens with zero attached hydrogens (tertiary/aromatic N) is 2. The molecule has 4 aromatic carbocycles. The Labute approximate surface area is 341 Å². The second-order valence-electron chi connectivity index (χ2n) is 17.5. The molecule has 1 aliphatic heterocycles. The highest BCUT2D eigenvalue weighted by atomic mass is 16.3. The van der Waals surface area contributed by atoms with Gasteiger partial charge in [-0.25, -0.2) is 0 Å². The van der Waals surface area contributed by atoms with Crippen LogP contribution in [0.2, 0.25) is 0 Å². The van der Waals surface area contributed by atoms with Crippen molar-refractivity contribution in [2.45, 2.75) is 109 Å². The Balaban J connectivity index is 1.06. The number of fused-ring (bicyclic) bond motifs is 1. The quantitative estimate of drug-likeness (QED) is 0.0381. The van der Waals surface area contributed by atoms with Crippen LogP contribution in [0.15, 0.2) is 64.6 Å². The Hall–Kier alpha value is -4.86. The maximum absolute atomic E-state index is 11.8. The molecule has 58 heavy (non-hydrogen) atoms. The molecule has 7 N–H and O–H groups in total. The molecule has 0 amide bonds.